The molecule has 0 aromatic rings. The Bertz CT molecular complexity index is 233. The molecule has 0 aromatic carbocycles. The first-order valence-electron chi connectivity index (χ1n) is 5.28. The Hall–Kier alpha value is -0.710. The van der Waals surface area contributed by atoms with Crippen molar-refractivity contribution in [2.45, 2.75) is 38.7 Å². The Morgan fingerprint density at radius 3 is 2.73 bits per heavy atom. The number of nitrogens with zero attached hydrogens (tertiary/aromatic N) is 1. The van der Waals surface area contributed by atoms with Crippen LogP contribution < -0.4 is 0 Å². The maximum Gasteiger partial charge on any atom is 0.323 e. The van der Waals surface area contributed by atoms with Crippen LogP contribution in [0.2, 0.25) is 0 Å². The summed E-state index contributed by atoms with van der Waals surface area (Å²) in [5.41, 5.74) is 0. The van der Waals surface area contributed by atoms with Crippen molar-refractivity contribution in [3.8, 4) is 0 Å². The largest absolute Gasteiger partial charge is 0.465 e. The van der Waals surface area contributed by atoms with E-state index in [0.29, 0.717) is 6.54 Å². The molecule has 1 fully saturated rings. The number of carbonyl (C=O) groups excluding carboxylic acids is 1. The summed E-state index contributed by atoms with van der Waals surface area (Å²) < 4.78 is 31.0. The quantitative estimate of drug-likeness (QED) is 0.676. The highest BCUT2D eigenvalue weighted by molar-refractivity contribution is 5.76. The second kappa shape index (κ2) is 4.88. The first kappa shape index (κ1) is 12.4. The standard InChI is InChI=1S/C10H17F2NO2/c1-3-5-13-7-10(11,12)6-8(13)9(14)15-4-2/h8H,3-7H2,1-2H3. The molecule has 1 saturated heterocycles. The van der Waals surface area contributed by atoms with Crippen LogP contribution in [0.25, 0.3) is 0 Å². The zero-order chi connectivity index (χ0) is 11.5. The third kappa shape index (κ3) is 3.12. The van der Waals surface area contributed by atoms with Crippen LogP contribution in [0, 0.1) is 0 Å². The lowest BCUT2D eigenvalue weighted by Gasteiger charge is -2.20. The summed E-state index contributed by atoms with van der Waals surface area (Å²) in [4.78, 5) is 12.9. The average Bonchev–Trinajstić information content (AvgIpc) is 2.42. The molecule has 1 atom stereocenters. The molecule has 0 saturated carbocycles. The van der Waals surface area contributed by atoms with Gasteiger partial charge < -0.3 is 4.74 Å². The van der Waals surface area contributed by atoms with Crippen molar-refractivity contribution in [1.29, 1.82) is 0 Å². The summed E-state index contributed by atoms with van der Waals surface area (Å²) in [6, 6.07) is -0.764. The number of halogens is 2. The number of rotatable bonds is 4. The summed E-state index contributed by atoms with van der Waals surface area (Å²) in [5.74, 6) is -3.28. The normalized spacial score (nSPS) is 25.5. The molecule has 88 valence electrons. The predicted octanol–water partition coefficient (Wildman–Crippen LogP) is 1.67. The first-order valence-corrected chi connectivity index (χ1v) is 5.28. The van der Waals surface area contributed by atoms with Gasteiger partial charge in [0, 0.05) is 6.42 Å². The Morgan fingerprint density at radius 2 is 2.20 bits per heavy atom. The van der Waals surface area contributed by atoms with Crippen molar-refractivity contribution in [1.82, 2.24) is 4.90 Å². The molecule has 1 aliphatic rings. The van der Waals surface area contributed by atoms with E-state index in [4.69, 9.17) is 4.74 Å². The van der Waals surface area contributed by atoms with Crippen molar-refractivity contribution < 1.29 is 18.3 Å². The second-order valence-corrected chi connectivity index (χ2v) is 3.80. The van der Waals surface area contributed by atoms with Crippen LogP contribution in [0.15, 0.2) is 0 Å². The fourth-order valence-electron chi connectivity index (χ4n) is 1.88. The van der Waals surface area contributed by atoms with Gasteiger partial charge in [-0.1, -0.05) is 6.92 Å². The maximum atomic E-state index is 13.1. The molecule has 1 rings (SSSR count). The highest BCUT2D eigenvalue weighted by atomic mass is 19.3. The van der Waals surface area contributed by atoms with Gasteiger partial charge in [-0.05, 0) is 19.9 Å². The highest BCUT2D eigenvalue weighted by Crippen LogP contribution is 2.32. The fourth-order valence-corrected chi connectivity index (χ4v) is 1.88. The molecule has 0 bridgehead atoms. The topological polar surface area (TPSA) is 29.5 Å². The molecule has 1 unspecified atom stereocenters. The van der Waals surface area contributed by atoms with Gasteiger partial charge in [-0.25, -0.2) is 8.78 Å². The van der Waals surface area contributed by atoms with E-state index >= 15 is 0 Å². The van der Waals surface area contributed by atoms with Gasteiger partial charge in [0.25, 0.3) is 5.92 Å². The third-order valence-corrected chi connectivity index (χ3v) is 2.44. The lowest BCUT2D eigenvalue weighted by Crippen LogP contribution is -2.37. The monoisotopic (exact) mass is 221 g/mol. The smallest absolute Gasteiger partial charge is 0.323 e. The molecule has 0 spiro atoms. The SMILES string of the molecule is CCCN1CC(F)(F)CC1C(=O)OCC. The van der Waals surface area contributed by atoms with Crippen LogP contribution in [-0.4, -0.2) is 42.5 Å². The van der Waals surface area contributed by atoms with Crippen molar-refractivity contribution in [3.05, 3.63) is 0 Å². The summed E-state index contributed by atoms with van der Waals surface area (Å²) in [6.07, 6.45) is 0.345. The molecule has 3 nitrogen and oxygen atoms in total. The average molecular weight is 221 g/mol. The summed E-state index contributed by atoms with van der Waals surface area (Å²) in [7, 11) is 0. The van der Waals surface area contributed by atoms with E-state index in [9.17, 15) is 13.6 Å². The molecule has 1 heterocycles. The fraction of sp³-hybridized carbons (Fsp3) is 0.900. The summed E-state index contributed by atoms with van der Waals surface area (Å²) >= 11 is 0. The Balaban J connectivity index is 2.64. The van der Waals surface area contributed by atoms with Crippen molar-refractivity contribution >= 4 is 5.97 Å². The van der Waals surface area contributed by atoms with Gasteiger partial charge in [-0.3, -0.25) is 9.69 Å². The van der Waals surface area contributed by atoms with E-state index in [1.165, 1.54) is 4.90 Å². The minimum atomic E-state index is -2.76. The Labute approximate surface area is 88.4 Å². The van der Waals surface area contributed by atoms with Crippen molar-refractivity contribution in [2.24, 2.45) is 0 Å². The molecule has 5 heteroatoms. The van der Waals surface area contributed by atoms with E-state index in [2.05, 4.69) is 0 Å². The van der Waals surface area contributed by atoms with E-state index < -0.39 is 24.4 Å². The van der Waals surface area contributed by atoms with Crippen LogP contribution in [0.4, 0.5) is 8.78 Å². The summed E-state index contributed by atoms with van der Waals surface area (Å²) in [6.45, 7) is 4.00. The number of hydrogen-bond donors (Lipinski definition) is 0. The maximum absolute atomic E-state index is 13.1. The minimum absolute atomic E-state index is 0.237. The van der Waals surface area contributed by atoms with Crippen LogP contribution in [0.3, 0.4) is 0 Å². The number of alkyl halides is 2. The van der Waals surface area contributed by atoms with Crippen LogP contribution >= 0.6 is 0 Å². The van der Waals surface area contributed by atoms with Gasteiger partial charge in [0.15, 0.2) is 0 Å². The van der Waals surface area contributed by atoms with Crippen LogP contribution in [0.1, 0.15) is 26.7 Å². The highest BCUT2D eigenvalue weighted by Gasteiger charge is 2.48. The lowest BCUT2D eigenvalue weighted by atomic mass is 10.2. The zero-order valence-corrected chi connectivity index (χ0v) is 9.13. The van der Waals surface area contributed by atoms with Gasteiger partial charge in [0.05, 0.1) is 13.2 Å². The van der Waals surface area contributed by atoms with Crippen LogP contribution in [-0.2, 0) is 9.53 Å². The molecule has 1 aliphatic heterocycles. The number of esters is 1. The van der Waals surface area contributed by atoms with Gasteiger partial charge in [0.2, 0.25) is 0 Å². The molecule has 0 aliphatic carbocycles. The lowest BCUT2D eigenvalue weighted by molar-refractivity contribution is -0.148. The zero-order valence-electron chi connectivity index (χ0n) is 9.13. The number of likely N-dealkylation sites (tertiary alicyclic amines) is 1. The molecule has 0 N–H and O–H groups in total. The first-order chi connectivity index (χ1) is 7.00. The summed E-state index contributed by atoms with van der Waals surface area (Å²) in [5, 5.41) is 0. The number of hydrogen-bond acceptors (Lipinski definition) is 3. The molecule has 0 amide bonds. The van der Waals surface area contributed by atoms with E-state index in [1.807, 2.05) is 6.92 Å². The third-order valence-electron chi connectivity index (χ3n) is 2.44. The molecule has 15 heavy (non-hydrogen) atoms. The van der Waals surface area contributed by atoms with Gasteiger partial charge in [0.1, 0.15) is 6.04 Å². The minimum Gasteiger partial charge on any atom is -0.465 e. The number of carbonyl (C=O) groups is 1. The molecular weight excluding hydrogens is 204 g/mol. The van der Waals surface area contributed by atoms with Gasteiger partial charge in [-0.2, -0.15) is 0 Å². The molecule has 0 aromatic heterocycles. The van der Waals surface area contributed by atoms with Crippen molar-refractivity contribution in [3.63, 3.8) is 0 Å². The predicted molar refractivity (Wildman–Crippen MR) is 51.8 cm³/mol. The van der Waals surface area contributed by atoms with E-state index in [-0.39, 0.29) is 13.2 Å². The van der Waals surface area contributed by atoms with Gasteiger partial charge in [-0.15, -0.1) is 0 Å². The van der Waals surface area contributed by atoms with E-state index in [0.717, 1.165) is 6.42 Å². The molecular formula is C10H17F2NO2. The van der Waals surface area contributed by atoms with Gasteiger partial charge >= 0.3 is 5.97 Å². The number of ether oxygens (including phenoxy) is 1. The molecule has 0 radical (unpaired) electrons. The second-order valence-electron chi connectivity index (χ2n) is 3.80. The van der Waals surface area contributed by atoms with E-state index in [1.54, 1.807) is 6.92 Å². The Kier molecular flexibility index (Phi) is 4.02. The Morgan fingerprint density at radius 1 is 1.53 bits per heavy atom. The van der Waals surface area contributed by atoms with Crippen LogP contribution in [0.5, 0.6) is 0 Å². The van der Waals surface area contributed by atoms with Crippen molar-refractivity contribution in [2.75, 3.05) is 19.7 Å².